The van der Waals surface area contributed by atoms with Gasteiger partial charge >= 0.3 is 0 Å². The zero-order valence-electron chi connectivity index (χ0n) is 12.5. The predicted octanol–water partition coefficient (Wildman–Crippen LogP) is 2.92. The minimum absolute atomic E-state index is 0.405. The number of hydrogen-bond acceptors (Lipinski definition) is 3. The fraction of sp³-hybridized carbons (Fsp3) is 0.647. The number of hydrogen-bond donors (Lipinski definition) is 1. The van der Waals surface area contributed by atoms with E-state index in [0.717, 1.165) is 50.1 Å². The Morgan fingerprint density at radius 3 is 2.55 bits per heavy atom. The molecule has 3 rings (SSSR count). The van der Waals surface area contributed by atoms with Gasteiger partial charge in [0.1, 0.15) is 5.75 Å². The zero-order chi connectivity index (χ0) is 14.2. The molecule has 2 fully saturated rings. The molecule has 1 aliphatic carbocycles. The molecule has 0 unspecified atom stereocenters. The van der Waals surface area contributed by atoms with Crippen molar-refractivity contribution in [1.82, 2.24) is 4.90 Å². The van der Waals surface area contributed by atoms with Crippen LogP contribution in [0.5, 0.6) is 5.75 Å². The average molecular weight is 275 g/mol. The van der Waals surface area contributed by atoms with Crippen LogP contribution in [-0.4, -0.2) is 35.2 Å². The van der Waals surface area contributed by atoms with Crippen molar-refractivity contribution in [3.05, 3.63) is 29.8 Å². The molecule has 1 aromatic rings. The molecule has 1 saturated heterocycles. The van der Waals surface area contributed by atoms with Gasteiger partial charge in [0.25, 0.3) is 0 Å². The lowest BCUT2D eigenvalue weighted by Gasteiger charge is -2.40. The molecule has 0 amide bonds. The molecule has 2 aliphatic rings. The summed E-state index contributed by atoms with van der Waals surface area (Å²) in [6.45, 7) is 6.35. The van der Waals surface area contributed by atoms with Gasteiger partial charge in [0.15, 0.2) is 0 Å². The third-order valence-electron chi connectivity index (χ3n) is 4.55. The molecule has 1 saturated carbocycles. The van der Waals surface area contributed by atoms with E-state index in [1.807, 2.05) is 24.3 Å². The summed E-state index contributed by atoms with van der Waals surface area (Å²) in [5, 5.41) is 10.9. The van der Waals surface area contributed by atoms with Crippen LogP contribution < -0.4 is 4.74 Å². The van der Waals surface area contributed by atoms with E-state index in [2.05, 4.69) is 18.7 Å². The van der Waals surface area contributed by atoms with Gasteiger partial charge in [-0.2, -0.15) is 0 Å². The summed E-state index contributed by atoms with van der Waals surface area (Å²) in [4.78, 5) is 2.43. The van der Waals surface area contributed by atoms with Crippen LogP contribution in [0.15, 0.2) is 24.3 Å². The van der Waals surface area contributed by atoms with Crippen LogP contribution in [0.2, 0.25) is 0 Å². The maximum Gasteiger partial charge on any atom is 0.120 e. The van der Waals surface area contributed by atoms with Gasteiger partial charge in [-0.05, 0) is 57.2 Å². The van der Waals surface area contributed by atoms with E-state index < -0.39 is 5.60 Å². The van der Waals surface area contributed by atoms with E-state index in [9.17, 15) is 5.11 Å². The highest BCUT2D eigenvalue weighted by Gasteiger charge is 2.35. The summed E-state index contributed by atoms with van der Waals surface area (Å²) in [5.74, 6) is 0.907. The van der Waals surface area contributed by atoms with Crippen molar-refractivity contribution >= 4 is 0 Å². The molecule has 1 aliphatic heterocycles. The largest absolute Gasteiger partial charge is 0.490 e. The molecule has 0 aromatic heterocycles. The molecule has 0 radical (unpaired) electrons. The first-order valence-electron chi connectivity index (χ1n) is 7.80. The van der Waals surface area contributed by atoms with Crippen molar-refractivity contribution in [3.8, 4) is 5.75 Å². The van der Waals surface area contributed by atoms with Crippen LogP contribution in [0.4, 0.5) is 0 Å². The van der Waals surface area contributed by atoms with Gasteiger partial charge in [0, 0.05) is 19.1 Å². The first kappa shape index (κ1) is 13.9. The highest BCUT2D eigenvalue weighted by atomic mass is 16.5. The zero-order valence-corrected chi connectivity index (χ0v) is 12.5. The summed E-state index contributed by atoms with van der Waals surface area (Å²) in [7, 11) is 0. The minimum atomic E-state index is -0.686. The van der Waals surface area contributed by atoms with Crippen molar-refractivity contribution in [2.75, 3.05) is 13.1 Å². The van der Waals surface area contributed by atoms with Gasteiger partial charge in [-0.1, -0.05) is 12.1 Å². The van der Waals surface area contributed by atoms with Gasteiger partial charge in [0.05, 0.1) is 11.7 Å². The van der Waals surface area contributed by atoms with Crippen molar-refractivity contribution in [3.63, 3.8) is 0 Å². The van der Waals surface area contributed by atoms with Gasteiger partial charge in [-0.15, -0.1) is 0 Å². The Morgan fingerprint density at radius 1 is 1.25 bits per heavy atom. The summed E-state index contributed by atoms with van der Waals surface area (Å²) >= 11 is 0. The predicted molar refractivity (Wildman–Crippen MR) is 79.9 cm³/mol. The second-order valence-corrected chi connectivity index (χ2v) is 6.51. The number of benzene rings is 1. The molecule has 1 N–H and O–H groups in total. The van der Waals surface area contributed by atoms with Crippen LogP contribution in [0, 0.1) is 0 Å². The lowest BCUT2D eigenvalue weighted by atomic mass is 9.84. The van der Waals surface area contributed by atoms with E-state index in [4.69, 9.17) is 4.74 Å². The Hall–Kier alpha value is -1.06. The van der Waals surface area contributed by atoms with Crippen LogP contribution in [0.3, 0.4) is 0 Å². The molecule has 0 spiro atoms. The first-order valence-corrected chi connectivity index (χ1v) is 7.80. The van der Waals surface area contributed by atoms with Gasteiger partial charge in [0.2, 0.25) is 0 Å². The van der Waals surface area contributed by atoms with Crippen molar-refractivity contribution in [2.24, 2.45) is 0 Å². The Kier molecular flexibility index (Phi) is 3.74. The number of rotatable bonds is 4. The molecule has 0 bridgehead atoms. The van der Waals surface area contributed by atoms with E-state index >= 15 is 0 Å². The average Bonchev–Trinajstić information content (AvgIpc) is 3.23. The first-order chi connectivity index (χ1) is 9.57. The smallest absolute Gasteiger partial charge is 0.120 e. The molecule has 110 valence electrons. The minimum Gasteiger partial charge on any atom is -0.490 e. The molecule has 20 heavy (non-hydrogen) atoms. The maximum absolute atomic E-state index is 10.9. The molecule has 1 aromatic carbocycles. The van der Waals surface area contributed by atoms with Crippen LogP contribution in [0.1, 0.15) is 45.1 Å². The molecular weight excluding hydrogens is 250 g/mol. The number of aliphatic hydroxyl groups is 1. The molecular formula is C17H25NO2. The summed E-state index contributed by atoms with van der Waals surface area (Å²) in [5.41, 5.74) is 0.327. The Bertz CT molecular complexity index is 460. The Labute approximate surface area is 121 Å². The van der Waals surface area contributed by atoms with E-state index in [0.29, 0.717) is 12.1 Å². The number of likely N-dealkylation sites (tertiary alicyclic amines) is 1. The SMILES string of the molecule is CC(C)N1CCC(O)(c2cccc(OC3CC3)c2)CC1. The van der Waals surface area contributed by atoms with E-state index in [1.165, 1.54) is 0 Å². The van der Waals surface area contributed by atoms with Crippen LogP contribution in [0.25, 0.3) is 0 Å². The monoisotopic (exact) mass is 275 g/mol. The van der Waals surface area contributed by atoms with Crippen molar-refractivity contribution in [2.45, 2.75) is 57.3 Å². The van der Waals surface area contributed by atoms with Crippen LogP contribution in [-0.2, 0) is 5.60 Å². The summed E-state index contributed by atoms with van der Waals surface area (Å²) in [6, 6.07) is 8.62. The topological polar surface area (TPSA) is 32.7 Å². The summed E-state index contributed by atoms with van der Waals surface area (Å²) < 4.78 is 5.84. The Morgan fingerprint density at radius 2 is 1.95 bits per heavy atom. The highest BCUT2D eigenvalue weighted by molar-refractivity contribution is 5.33. The third-order valence-corrected chi connectivity index (χ3v) is 4.55. The van der Waals surface area contributed by atoms with E-state index in [1.54, 1.807) is 0 Å². The van der Waals surface area contributed by atoms with Crippen molar-refractivity contribution in [1.29, 1.82) is 0 Å². The third kappa shape index (κ3) is 2.99. The number of piperidine rings is 1. The number of ether oxygens (including phenoxy) is 1. The number of nitrogens with zero attached hydrogens (tertiary/aromatic N) is 1. The van der Waals surface area contributed by atoms with E-state index in [-0.39, 0.29) is 0 Å². The standard InChI is InChI=1S/C17H25NO2/c1-13(2)18-10-8-17(19,9-11-18)14-4-3-5-16(12-14)20-15-6-7-15/h3-5,12-13,15,19H,6-11H2,1-2H3. The molecule has 0 atom stereocenters. The lowest BCUT2D eigenvalue weighted by Crippen LogP contribution is -2.45. The maximum atomic E-state index is 10.9. The normalized spacial score (nSPS) is 23.0. The van der Waals surface area contributed by atoms with Gasteiger partial charge in [-0.3, -0.25) is 0 Å². The molecule has 3 heteroatoms. The fourth-order valence-corrected chi connectivity index (χ4v) is 2.94. The lowest BCUT2D eigenvalue weighted by molar-refractivity contribution is -0.0325. The van der Waals surface area contributed by atoms with Crippen LogP contribution >= 0.6 is 0 Å². The highest BCUT2D eigenvalue weighted by Crippen LogP contribution is 2.36. The quantitative estimate of drug-likeness (QED) is 0.917. The second kappa shape index (κ2) is 5.38. The summed E-state index contributed by atoms with van der Waals surface area (Å²) in [6.07, 6.45) is 4.34. The second-order valence-electron chi connectivity index (χ2n) is 6.51. The van der Waals surface area contributed by atoms with Crippen molar-refractivity contribution < 1.29 is 9.84 Å². The molecule has 1 heterocycles. The van der Waals surface area contributed by atoms with Gasteiger partial charge in [-0.25, -0.2) is 0 Å². The fourth-order valence-electron chi connectivity index (χ4n) is 2.94. The Balaban J connectivity index is 1.71. The molecule has 3 nitrogen and oxygen atoms in total. The van der Waals surface area contributed by atoms with Gasteiger partial charge < -0.3 is 14.7 Å².